The summed E-state index contributed by atoms with van der Waals surface area (Å²) >= 11 is 1.77. The third kappa shape index (κ3) is 1.93. The summed E-state index contributed by atoms with van der Waals surface area (Å²) < 4.78 is 6.46. The van der Waals surface area contributed by atoms with Gasteiger partial charge in [0.15, 0.2) is 0 Å². The van der Waals surface area contributed by atoms with E-state index >= 15 is 0 Å². The van der Waals surface area contributed by atoms with Gasteiger partial charge in [-0.1, -0.05) is 32.9 Å². The smallest absolute Gasteiger partial charge is 0.247 e. The summed E-state index contributed by atoms with van der Waals surface area (Å²) in [6.07, 6.45) is 7.38. The van der Waals surface area contributed by atoms with E-state index in [4.69, 9.17) is 4.74 Å². The lowest BCUT2D eigenvalue weighted by Crippen LogP contribution is -2.47. The summed E-state index contributed by atoms with van der Waals surface area (Å²) in [4.78, 5) is 28.5. The number of thioether (sulfide) groups is 1. The van der Waals surface area contributed by atoms with Crippen molar-refractivity contribution in [2.75, 3.05) is 12.3 Å². The molecule has 2 aliphatic carbocycles. The predicted molar refractivity (Wildman–Crippen MR) is 111 cm³/mol. The first kappa shape index (κ1) is 18.4. The zero-order valence-electron chi connectivity index (χ0n) is 17.5. The fraction of sp³-hybridized carbons (Fsp3) is 0.773. The van der Waals surface area contributed by atoms with Gasteiger partial charge in [-0.25, -0.2) is 5.43 Å². The highest BCUT2D eigenvalue weighted by Crippen LogP contribution is 2.64. The van der Waals surface area contributed by atoms with Gasteiger partial charge in [0, 0.05) is 23.4 Å². The van der Waals surface area contributed by atoms with E-state index in [2.05, 4.69) is 31.3 Å². The quantitative estimate of drug-likeness (QED) is 0.556. The Labute approximate surface area is 175 Å². The molecule has 4 aliphatic heterocycles. The van der Waals surface area contributed by atoms with Gasteiger partial charge in [-0.05, 0) is 37.5 Å². The van der Waals surface area contributed by atoms with Gasteiger partial charge in [-0.15, -0.1) is 11.8 Å². The van der Waals surface area contributed by atoms with Crippen molar-refractivity contribution in [3.8, 4) is 0 Å². The Morgan fingerprint density at radius 3 is 2.79 bits per heavy atom. The predicted octanol–water partition coefficient (Wildman–Crippen LogP) is 2.55. The summed E-state index contributed by atoms with van der Waals surface area (Å²) in [5.74, 6) is 0.475. The van der Waals surface area contributed by atoms with Gasteiger partial charge in [0.05, 0.1) is 17.4 Å². The first-order valence-electron chi connectivity index (χ1n) is 10.8. The number of hydrogen-bond donors (Lipinski definition) is 1. The van der Waals surface area contributed by atoms with Crippen LogP contribution in [-0.4, -0.2) is 51.3 Å². The van der Waals surface area contributed by atoms with Gasteiger partial charge in [0.2, 0.25) is 11.8 Å². The minimum atomic E-state index is -0.738. The van der Waals surface area contributed by atoms with Gasteiger partial charge in [0.1, 0.15) is 11.0 Å². The molecule has 0 aromatic carbocycles. The third-order valence-corrected chi connectivity index (χ3v) is 10.8. The van der Waals surface area contributed by atoms with Crippen LogP contribution in [0.1, 0.15) is 47.0 Å². The van der Waals surface area contributed by atoms with E-state index < -0.39 is 23.0 Å². The lowest BCUT2D eigenvalue weighted by molar-refractivity contribution is -0.139. The maximum atomic E-state index is 13.4. The normalized spacial score (nSPS) is 51.9. The monoisotopic (exact) mass is 415 g/mol. The van der Waals surface area contributed by atoms with E-state index in [1.165, 1.54) is 6.42 Å². The zero-order valence-corrected chi connectivity index (χ0v) is 18.3. The fourth-order valence-electron chi connectivity index (χ4n) is 7.24. The van der Waals surface area contributed by atoms with Crippen molar-refractivity contribution in [2.45, 2.75) is 63.5 Å². The molecule has 0 aromatic heterocycles. The minimum Gasteiger partial charge on any atom is -0.356 e. The van der Waals surface area contributed by atoms with E-state index in [0.717, 1.165) is 30.9 Å². The number of amides is 2. The Bertz CT molecular complexity index is 900. The first-order valence-corrected chi connectivity index (χ1v) is 11.9. The zero-order chi connectivity index (χ0) is 20.4. The van der Waals surface area contributed by atoms with Gasteiger partial charge in [0.25, 0.3) is 0 Å². The molecule has 0 radical (unpaired) electrons. The highest BCUT2D eigenvalue weighted by molar-refractivity contribution is 8.00. The van der Waals surface area contributed by atoms with Crippen molar-refractivity contribution < 1.29 is 14.3 Å². The Balaban J connectivity index is 1.29. The van der Waals surface area contributed by atoms with Crippen molar-refractivity contribution in [2.24, 2.45) is 33.7 Å². The van der Waals surface area contributed by atoms with Crippen molar-refractivity contribution in [1.29, 1.82) is 0 Å². The SMILES string of the molecule is CC12C=CC3(O1)C(C(=O)N1CCSC13)C2C(=O)N/N=C1\C[C@H]2CC[C@]1(C)C2(C)C. The lowest BCUT2D eigenvalue weighted by atomic mass is 9.70. The molecule has 7 heteroatoms. The molecule has 5 unspecified atom stereocenters. The molecule has 6 nitrogen and oxygen atoms in total. The molecule has 2 amide bonds. The number of nitrogens with zero attached hydrogens (tertiary/aromatic N) is 2. The molecule has 6 aliphatic rings. The molecule has 3 saturated heterocycles. The van der Waals surface area contributed by atoms with Crippen LogP contribution in [0.25, 0.3) is 0 Å². The van der Waals surface area contributed by atoms with Crippen molar-refractivity contribution >= 4 is 29.3 Å². The minimum absolute atomic E-state index is 0.00698. The van der Waals surface area contributed by atoms with Gasteiger partial charge in [-0.2, -0.15) is 5.10 Å². The number of carbonyl (C=O) groups excluding carboxylic acids is 2. The Kier molecular flexibility index (Phi) is 3.36. The summed E-state index contributed by atoms with van der Waals surface area (Å²) in [5.41, 5.74) is 2.85. The van der Waals surface area contributed by atoms with Crippen LogP contribution >= 0.6 is 11.8 Å². The van der Waals surface area contributed by atoms with E-state index in [-0.39, 0.29) is 28.0 Å². The molecule has 4 bridgehead atoms. The van der Waals surface area contributed by atoms with Crippen LogP contribution in [-0.2, 0) is 14.3 Å². The average molecular weight is 416 g/mol. The van der Waals surface area contributed by atoms with Gasteiger partial charge >= 0.3 is 0 Å². The summed E-state index contributed by atoms with van der Waals surface area (Å²) in [6, 6.07) is 0. The number of ether oxygens (including phenoxy) is 1. The maximum Gasteiger partial charge on any atom is 0.247 e. The van der Waals surface area contributed by atoms with E-state index in [1.807, 2.05) is 24.0 Å². The largest absolute Gasteiger partial charge is 0.356 e. The number of carbonyl (C=O) groups is 2. The number of rotatable bonds is 2. The molecule has 29 heavy (non-hydrogen) atoms. The van der Waals surface area contributed by atoms with Crippen LogP contribution in [0.2, 0.25) is 0 Å². The summed E-state index contributed by atoms with van der Waals surface area (Å²) in [6.45, 7) is 9.63. The summed E-state index contributed by atoms with van der Waals surface area (Å²) in [7, 11) is 0. The van der Waals surface area contributed by atoms with Gasteiger partial charge < -0.3 is 9.64 Å². The molecule has 156 valence electrons. The Morgan fingerprint density at radius 2 is 2.10 bits per heavy atom. The highest BCUT2D eigenvalue weighted by Gasteiger charge is 2.75. The fourth-order valence-corrected chi connectivity index (χ4v) is 8.69. The number of nitrogens with one attached hydrogen (secondary N) is 1. The lowest BCUT2D eigenvalue weighted by Gasteiger charge is -2.34. The number of hydrazone groups is 1. The molecule has 6 rings (SSSR count). The maximum absolute atomic E-state index is 13.4. The van der Waals surface area contributed by atoms with E-state index in [0.29, 0.717) is 5.92 Å². The molecule has 7 atom stereocenters. The third-order valence-electron chi connectivity index (χ3n) is 9.43. The molecular formula is C22H29N3O3S. The Hall–Kier alpha value is -1.34. The standard InChI is InChI=1S/C22H29N3O3S/c1-19(2)12-5-6-20(19,3)13(11-12)23-24-16(26)14-15-17(27)25-9-10-29-18(25)22(15)8-7-21(14,4)28-22/h7-8,12,14-15,18H,5-6,9-11H2,1-4H3,(H,24,26)/b23-13+/t12-,14?,15?,18?,20+,21?,22?/m1/s1. The molecule has 0 aromatic rings. The van der Waals surface area contributed by atoms with E-state index in [1.54, 1.807) is 11.8 Å². The first-order chi connectivity index (χ1) is 13.6. The second-order valence-corrected chi connectivity index (χ2v) is 11.9. The molecule has 5 fully saturated rings. The topological polar surface area (TPSA) is 71.0 Å². The number of fused-ring (bicyclic) bond motifs is 4. The number of hydrogen-bond acceptors (Lipinski definition) is 5. The second-order valence-electron chi connectivity index (χ2n) is 10.7. The molecule has 1 spiro atoms. The second kappa shape index (κ2) is 5.28. The van der Waals surface area contributed by atoms with Crippen molar-refractivity contribution in [3.05, 3.63) is 12.2 Å². The van der Waals surface area contributed by atoms with Crippen LogP contribution in [0.4, 0.5) is 0 Å². The van der Waals surface area contributed by atoms with Crippen molar-refractivity contribution in [1.82, 2.24) is 10.3 Å². The van der Waals surface area contributed by atoms with Crippen LogP contribution in [0.15, 0.2) is 17.3 Å². The van der Waals surface area contributed by atoms with Crippen LogP contribution in [0, 0.1) is 28.6 Å². The Morgan fingerprint density at radius 1 is 1.31 bits per heavy atom. The molecule has 2 saturated carbocycles. The van der Waals surface area contributed by atoms with E-state index in [9.17, 15) is 9.59 Å². The van der Waals surface area contributed by atoms with Crippen molar-refractivity contribution in [3.63, 3.8) is 0 Å². The van der Waals surface area contributed by atoms with Crippen LogP contribution in [0.3, 0.4) is 0 Å². The molecular weight excluding hydrogens is 386 g/mol. The van der Waals surface area contributed by atoms with Gasteiger partial charge in [-0.3, -0.25) is 9.59 Å². The van der Waals surface area contributed by atoms with Crippen LogP contribution in [0.5, 0.6) is 0 Å². The molecule has 1 N–H and O–H groups in total. The van der Waals surface area contributed by atoms with Crippen LogP contribution < -0.4 is 5.43 Å². The average Bonchev–Trinajstić information content (AvgIpc) is 3.44. The molecule has 4 heterocycles. The summed E-state index contributed by atoms with van der Waals surface area (Å²) in [5, 5.41) is 4.64. The highest BCUT2D eigenvalue weighted by atomic mass is 32.2.